The van der Waals surface area contributed by atoms with E-state index in [1.54, 1.807) is 0 Å². The Morgan fingerprint density at radius 3 is 2.61 bits per heavy atom. The van der Waals surface area contributed by atoms with Gasteiger partial charge >= 0.3 is 0 Å². The first-order valence-corrected chi connectivity index (χ1v) is 9.39. The summed E-state index contributed by atoms with van der Waals surface area (Å²) >= 11 is 2.09. The predicted octanol–water partition coefficient (Wildman–Crippen LogP) is 3.26. The van der Waals surface area contributed by atoms with Crippen molar-refractivity contribution in [3.8, 4) is 0 Å². The summed E-state index contributed by atoms with van der Waals surface area (Å²) in [5.41, 5.74) is 7.34. The number of nitrogens with zero attached hydrogens (tertiary/aromatic N) is 1. The molecule has 1 saturated carbocycles. The molecule has 0 radical (unpaired) electrons. The van der Waals surface area contributed by atoms with Gasteiger partial charge in [-0.25, -0.2) is 0 Å². The molecular formula is C18H27ClN2OS. The van der Waals surface area contributed by atoms with Crippen molar-refractivity contribution in [1.29, 1.82) is 0 Å². The zero-order chi connectivity index (χ0) is 15.4. The van der Waals surface area contributed by atoms with Crippen LogP contribution in [0.15, 0.2) is 30.3 Å². The predicted molar refractivity (Wildman–Crippen MR) is 100 cm³/mol. The molecule has 3 nitrogen and oxygen atoms in total. The van der Waals surface area contributed by atoms with Crippen molar-refractivity contribution in [2.45, 2.75) is 49.3 Å². The van der Waals surface area contributed by atoms with Crippen molar-refractivity contribution in [2.75, 3.05) is 18.8 Å². The molecule has 0 unspecified atom stereocenters. The number of hydrogen-bond donors (Lipinski definition) is 1. The molecule has 1 aliphatic carbocycles. The summed E-state index contributed by atoms with van der Waals surface area (Å²) in [5.74, 6) is 1.19. The first-order chi connectivity index (χ1) is 10.7. The van der Waals surface area contributed by atoms with E-state index in [4.69, 9.17) is 5.73 Å². The van der Waals surface area contributed by atoms with Crippen LogP contribution in [0.4, 0.5) is 0 Å². The molecule has 2 aliphatic rings. The van der Waals surface area contributed by atoms with Gasteiger partial charge in [0.05, 0.1) is 6.04 Å². The number of thioether (sulfide) groups is 1. The van der Waals surface area contributed by atoms with Crippen molar-refractivity contribution in [2.24, 2.45) is 5.73 Å². The van der Waals surface area contributed by atoms with Crippen molar-refractivity contribution < 1.29 is 4.79 Å². The average Bonchev–Trinajstić information content (AvgIpc) is 2.56. The van der Waals surface area contributed by atoms with E-state index < -0.39 is 6.04 Å². The van der Waals surface area contributed by atoms with E-state index in [1.807, 2.05) is 35.2 Å². The topological polar surface area (TPSA) is 46.3 Å². The summed E-state index contributed by atoms with van der Waals surface area (Å²) < 4.78 is 0.318. The van der Waals surface area contributed by atoms with E-state index in [-0.39, 0.29) is 18.3 Å². The van der Waals surface area contributed by atoms with Gasteiger partial charge < -0.3 is 10.6 Å². The third kappa shape index (κ3) is 4.65. The molecule has 23 heavy (non-hydrogen) atoms. The van der Waals surface area contributed by atoms with Crippen molar-refractivity contribution in [1.82, 2.24) is 4.90 Å². The number of carbonyl (C=O) groups excluding carboxylic acids is 1. The van der Waals surface area contributed by atoms with E-state index in [2.05, 4.69) is 11.8 Å². The molecule has 128 valence electrons. The maximum atomic E-state index is 12.7. The second-order valence-electron chi connectivity index (χ2n) is 6.65. The molecular weight excluding hydrogens is 328 g/mol. The van der Waals surface area contributed by atoms with Crippen molar-refractivity contribution in [3.05, 3.63) is 35.9 Å². The first kappa shape index (κ1) is 18.6. The summed E-state index contributed by atoms with van der Waals surface area (Å²) in [7, 11) is 0. The fourth-order valence-electron chi connectivity index (χ4n) is 3.72. The molecule has 1 amide bonds. The summed E-state index contributed by atoms with van der Waals surface area (Å²) in [4.78, 5) is 14.8. The summed E-state index contributed by atoms with van der Waals surface area (Å²) in [6.07, 6.45) is 7.13. The maximum absolute atomic E-state index is 12.7. The van der Waals surface area contributed by atoms with Gasteiger partial charge in [-0.15, -0.1) is 12.4 Å². The van der Waals surface area contributed by atoms with Crippen LogP contribution in [0.1, 0.15) is 37.7 Å². The van der Waals surface area contributed by atoms with Gasteiger partial charge in [0.15, 0.2) is 0 Å². The Hall–Kier alpha value is -0.710. The van der Waals surface area contributed by atoms with E-state index in [9.17, 15) is 4.79 Å². The van der Waals surface area contributed by atoms with Gasteiger partial charge in [0.1, 0.15) is 0 Å². The highest BCUT2D eigenvalue weighted by Gasteiger charge is 2.39. The van der Waals surface area contributed by atoms with Crippen LogP contribution in [-0.2, 0) is 11.2 Å². The zero-order valence-corrected chi connectivity index (χ0v) is 15.2. The fourth-order valence-corrected chi connectivity index (χ4v) is 5.29. The first-order valence-electron chi connectivity index (χ1n) is 8.41. The molecule has 1 aromatic carbocycles. The quantitative estimate of drug-likeness (QED) is 0.906. The number of amides is 1. The highest BCUT2D eigenvalue weighted by Crippen LogP contribution is 2.42. The minimum absolute atomic E-state index is 0. The highest BCUT2D eigenvalue weighted by molar-refractivity contribution is 8.00. The van der Waals surface area contributed by atoms with E-state index in [1.165, 1.54) is 32.1 Å². The Kier molecular flexibility index (Phi) is 6.81. The zero-order valence-electron chi connectivity index (χ0n) is 13.6. The van der Waals surface area contributed by atoms with E-state index in [0.717, 1.165) is 24.4 Å². The van der Waals surface area contributed by atoms with Crippen LogP contribution >= 0.6 is 24.2 Å². The fraction of sp³-hybridized carbons (Fsp3) is 0.611. The number of rotatable bonds is 3. The van der Waals surface area contributed by atoms with Crippen molar-refractivity contribution >= 4 is 30.1 Å². The summed E-state index contributed by atoms with van der Waals surface area (Å²) in [6.45, 7) is 1.76. The largest absolute Gasteiger partial charge is 0.339 e. The maximum Gasteiger partial charge on any atom is 0.239 e. The number of benzene rings is 1. The molecule has 3 rings (SSSR count). The van der Waals surface area contributed by atoms with Crippen LogP contribution in [0, 0.1) is 0 Å². The Balaban J connectivity index is 0.00000192. The SMILES string of the molecule is Cl.N[C@@H](Cc1ccccc1)C(=O)N1CCSC2(CCCCC2)C1. The molecule has 1 heterocycles. The van der Waals surface area contributed by atoms with Gasteiger partial charge in [0, 0.05) is 23.6 Å². The third-order valence-electron chi connectivity index (χ3n) is 4.94. The van der Waals surface area contributed by atoms with Gasteiger partial charge in [0.25, 0.3) is 0 Å². The molecule has 0 aromatic heterocycles. The van der Waals surface area contributed by atoms with E-state index >= 15 is 0 Å². The van der Waals surface area contributed by atoms with Gasteiger partial charge in [0.2, 0.25) is 5.91 Å². The lowest BCUT2D eigenvalue weighted by Crippen LogP contribution is -2.54. The minimum Gasteiger partial charge on any atom is -0.339 e. The molecule has 5 heteroatoms. The Morgan fingerprint density at radius 1 is 1.22 bits per heavy atom. The minimum atomic E-state index is -0.411. The standard InChI is InChI=1S/C18H26N2OS.ClH/c19-16(13-15-7-3-1-4-8-15)17(21)20-11-12-22-18(14-20)9-5-2-6-10-18;/h1,3-4,7-8,16H,2,5-6,9-14,19H2;1H/t16-;/m0./s1. The number of halogens is 1. The molecule has 1 saturated heterocycles. The van der Waals surface area contributed by atoms with Gasteiger partial charge in [-0.2, -0.15) is 11.8 Å². The molecule has 1 spiro atoms. The van der Waals surface area contributed by atoms with Crippen molar-refractivity contribution in [3.63, 3.8) is 0 Å². The Morgan fingerprint density at radius 2 is 1.91 bits per heavy atom. The lowest BCUT2D eigenvalue weighted by Gasteiger charge is -2.45. The highest BCUT2D eigenvalue weighted by atomic mass is 35.5. The van der Waals surface area contributed by atoms with Crippen LogP contribution in [0.2, 0.25) is 0 Å². The van der Waals surface area contributed by atoms with Crippen LogP contribution < -0.4 is 5.73 Å². The lowest BCUT2D eigenvalue weighted by atomic mass is 9.87. The summed E-state index contributed by atoms with van der Waals surface area (Å²) in [6, 6.07) is 9.67. The molecule has 1 aromatic rings. The number of hydrogen-bond acceptors (Lipinski definition) is 3. The molecule has 1 atom stereocenters. The molecule has 0 bridgehead atoms. The Bertz CT molecular complexity index is 499. The third-order valence-corrected chi connectivity index (χ3v) is 6.48. The number of carbonyl (C=O) groups is 1. The van der Waals surface area contributed by atoms with Crippen LogP contribution in [-0.4, -0.2) is 40.4 Å². The molecule has 1 aliphatic heterocycles. The second kappa shape index (κ2) is 8.41. The number of nitrogens with two attached hydrogens (primary N) is 1. The summed E-state index contributed by atoms with van der Waals surface area (Å²) in [5, 5.41) is 0. The smallest absolute Gasteiger partial charge is 0.239 e. The van der Waals surface area contributed by atoms with Crippen LogP contribution in [0.25, 0.3) is 0 Å². The van der Waals surface area contributed by atoms with Gasteiger partial charge in [-0.05, 0) is 24.8 Å². The van der Waals surface area contributed by atoms with Gasteiger partial charge in [-0.3, -0.25) is 4.79 Å². The molecule has 2 fully saturated rings. The Labute approximate surface area is 149 Å². The molecule has 2 N–H and O–H groups in total. The normalized spacial score (nSPS) is 21.5. The second-order valence-corrected chi connectivity index (χ2v) is 8.21. The van der Waals surface area contributed by atoms with Crippen LogP contribution in [0.5, 0.6) is 0 Å². The van der Waals surface area contributed by atoms with Gasteiger partial charge in [-0.1, -0.05) is 49.6 Å². The van der Waals surface area contributed by atoms with Crippen LogP contribution in [0.3, 0.4) is 0 Å². The monoisotopic (exact) mass is 354 g/mol. The van der Waals surface area contributed by atoms with E-state index in [0.29, 0.717) is 11.2 Å². The average molecular weight is 355 g/mol. The lowest BCUT2D eigenvalue weighted by molar-refractivity contribution is -0.133.